The SMILES string of the molecule is Cl.N[C@@H]1CCC[C@H]1CC(=O)NCCNc1nccc(C(F)(F)F)n1. The normalized spacial score (nSPS) is 20.3. The Bertz CT molecular complexity index is 543. The molecule has 2 atom stereocenters. The van der Waals surface area contributed by atoms with Crippen molar-refractivity contribution in [1.29, 1.82) is 0 Å². The molecule has 1 aromatic heterocycles. The fourth-order valence-corrected chi connectivity index (χ4v) is 2.61. The standard InChI is InChI=1S/C14H20F3N5O.ClH/c15-14(16,17)11-4-5-20-13(22-11)21-7-6-19-12(23)8-9-2-1-3-10(9)18;/h4-5,9-10H,1-3,6-8,18H2,(H,19,23)(H,20,21,22);1H/t9-,10+;/m0./s1. The largest absolute Gasteiger partial charge is 0.433 e. The summed E-state index contributed by atoms with van der Waals surface area (Å²) in [7, 11) is 0. The first-order valence-electron chi connectivity index (χ1n) is 7.52. The van der Waals surface area contributed by atoms with Crippen LogP contribution in [-0.2, 0) is 11.0 Å². The Morgan fingerprint density at radius 2 is 2.08 bits per heavy atom. The summed E-state index contributed by atoms with van der Waals surface area (Å²) in [5, 5.41) is 5.36. The van der Waals surface area contributed by atoms with Crippen LogP contribution in [0.3, 0.4) is 0 Å². The highest BCUT2D eigenvalue weighted by atomic mass is 35.5. The van der Waals surface area contributed by atoms with Crippen LogP contribution in [0.15, 0.2) is 12.3 Å². The van der Waals surface area contributed by atoms with E-state index < -0.39 is 11.9 Å². The van der Waals surface area contributed by atoms with Crippen LogP contribution in [0.1, 0.15) is 31.4 Å². The Morgan fingerprint density at radius 1 is 1.33 bits per heavy atom. The van der Waals surface area contributed by atoms with Gasteiger partial charge in [-0.1, -0.05) is 6.42 Å². The molecule has 136 valence electrons. The van der Waals surface area contributed by atoms with Crippen LogP contribution in [0, 0.1) is 5.92 Å². The number of nitrogens with one attached hydrogen (secondary N) is 2. The fraction of sp³-hybridized carbons (Fsp3) is 0.643. The molecule has 0 aromatic carbocycles. The first-order chi connectivity index (χ1) is 10.9. The van der Waals surface area contributed by atoms with E-state index in [1.165, 1.54) is 0 Å². The zero-order chi connectivity index (χ0) is 16.9. The van der Waals surface area contributed by atoms with Gasteiger partial charge in [0.1, 0.15) is 5.69 Å². The minimum atomic E-state index is -4.51. The first kappa shape index (κ1) is 20.4. The molecule has 1 fully saturated rings. The number of aromatic nitrogens is 2. The second kappa shape index (κ2) is 9.03. The fourth-order valence-electron chi connectivity index (χ4n) is 2.61. The van der Waals surface area contributed by atoms with Crippen LogP contribution in [-0.4, -0.2) is 35.0 Å². The van der Waals surface area contributed by atoms with Crippen molar-refractivity contribution in [2.24, 2.45) is 11.7 Å². The van der Waals surface area contributed by atoms with Gasteiger partial charge >= 0.3 is 6.18 Å². The predicted molar refractivity (Wildman–Crippen MR) is 85.7 cm³/mol. The van der Waals surface area contributed by atoms with Gasteiger partial charge in [-0.3, -0.25) is 4.79 Å². The highest BCUT2D eigenvalue weighted by Crippen LogP contribution is 2.27. The van der Waals surface area contributed by atoms with E-state index >= 15 is 0 Å². The first-order valence-corrected chi connectivity index (χ1v) is 7.52. The van der Waals surface area contributed by atoms with E-state index in [-0.39, 0.29) is 49.3 Å². The van der Waals surface area contributed by atoms with Crippen LogP contribution in [0.4, 0.5) is 19.1 Å². The number of alkyl halides is 3. The number of nitrogens with two attached hydrogens (primary N) is 1. The maximum absolute atomic E-state index is 12.5. The minimum Gasteiger partial charge on any atom is -0.354 e. The predicted octanol–water partition coefficient (Wildman–Crippen LogP) is 1.96. The van der Waals surface area contributed by atoms with E-state index in [4.69, 9.17) is 5.73 Å². The number of rotatable bonds is 6. The zero-order valence-corrected chi connectivity index (χ0v) is 13.8. The molecular formula is C14H21ClF3N5O. The molecule has 1 aliphatic carbocycles. The lowest BCUT2D eigenvalue weighted by Crippen LogP contribution is -2.33. The second-order valence-electron chi connectivity index (χ2n) is 5.60. The summed E-state index contributed by atoms with van der Waals surface area (Å²) in [6, 6.07) is 0.884. The van der Waals surface area contributed by atoms with Gasteiger partial charge in [-0.05, 0) is 24.8 Å². The van der Waals surface area contributed by atoms with E-state index in [0.29, 0.717) is 6.42 Å². The monoisotopic (exact) mass is 367 g/mol. The minimum absolute atomic E-state index is 0. The Morgan fingerprint density at radius 3 is 2.71 bits per heavy atom. The van der Waals surface area contributed by atoms with Gasteiger partial charge in [0, 0.05) is 31.7 Å². The third-order valence-electron chi connectivity index (χ3n) is 3.84. The van der Waals surface area contributed by atoms with E-state index in [1.807, 2.05) is 0 Å². The smallest absolute Gasteiger partial charge is 0.354 e. The van der Waals surface area contributed by atoms with Gasteiger partial charge in [-0.2, -0.15) is 13.2 Å². The summed E-state index contributed by atoms with van der Waals surface area (Å²) >= 11 is 0. The lowest BCUT2D eigenvalue weighted by Gasteiger charge is -2.15. The lowest BCUT2D eigenvalue weighted by atomic mass is 10.00. The van der Waals surface area contributed by atoms with E-state index in [2.05, 4.69) is 20.6 Å². The molecule has 1 saturated carbocycles. The third-order valence-corrected chi connectivity index (χ3v) is 3.84. The Hall–Kier alpha value is -1.61. The molecule has 0 bridgehead atoms. The summed E-state index contributed by atoms with van der Waals surface area (Å²) < 4.78 is 37.5. The maximum Gasteiger partial charge on any atom is 0.433 e. The van der Waals surface area contributed by atoms with Gasteiger partial charge in [-0.25, -0.2) is 9.97 Å². The molecule has 4 N–H and O–H groups in total. The van der Waals surface area contributed by atoms with Gasteiger partial charge in [0.05, 0.1) is 0 Å². The zero-order valence-electron chi connectivity index (χ0n) is 13.0. The molecule has 24 heavy (non-hydrogen) atoms. The molecule has 0 aliphatic heterocycles. The van der Waals surface area contributed by atoms with Crippen molar-refractivity contribution >= 4 is 24.3 Å². The number of anilines is 1. The topological polar surface area (TPSA) is 92.9 Å². The van der Waals surface area contributed by atoms with Crippen molar-refractivity contribution in [3.63, 3.8) is 0 Å². The highest BCUT2D eigenvalue weighted by Gasteiger charge is 2.32. The molecule has 10 heteroatoms. The van der Waals surface area contributed by atoms with Gasteiger partial charge in [0.25, 0.3) is 0 Å². The average Bonchev–Trinajstić information content (AvgIpc) is 2.88. The molecule has 0 spiro atoms. The molecular weight excluding hydrogens is 347 g/mol. The highest BCUT2D eigenvalue weighted by molar-refractivity contribution is 5.85. The molecule has 0 unspecified atom stereocenters. The summed E-state index contributed by atoms with van der Waals surface area (Å²) in [6.07, 6.45) is -0.113. The molecule has 1 aliphatic rings. The van der Waals surface area contributed by atoms with Crippen molar-refractivity contribution in [3.8, 4) is 0 Å². The van der Waals surface area contributed by atoms with Gasteiger partial charge in [0.2, 0.25) is 11.9 Å². The molecule has 6 nitrogen and oxygen atoms in total. The summed E-state index contributed by atoms with van der Waals surface area (Å²) in [4.78, 5) is 18.9. The van der Waals surface area contributed by atoms with Crippen molar-refractivity contribution in [2.75, 3.05) is 18.4 Å². The molecule has 1 aromatic rings. The van der Waals surface area contributed by atoms with E-state index in [1.54, 1.807) is 0 Å². The van der Waals surface area contributed by atoms with Gasteiger partial charge < -0.3 is 16.4 Å². The van der Waals surface area contributed by atoms with Crippen molar-refractivity contribution in [1.82, 2.24) is 15.3 Å². The quantitative estimate of drug-likeness (QED) is 0.668. The van der Waals surface area contributed by atoms with Crippen molar-refractivity contribution in [3.05, 3.63) is 18.0 Å². The number of nitrogens with zero attached hydrogens (tertiary/aromatic N) is 2. The molecule has 1 amide bonds. The van der Waals surface area contributed by atoms with Gasteiger partial charge in [0.15, 0.2) is 0 Å². The third kappa shape index (κ3) is 6.12. The number of carbonyl (C=O) groups is 1. The van der Waals surface area contributed by atoms with Gasteiger partial charge in [-0.15, -0.1) is 12.4 Å². The number of amides is 1. The molecule has 0 saturated heterocycles. The van der Waals surface area contributed by atoms with E-state index in [9.17, 15) is 18.0 Å². The van der Waals surface area contributed by atoms with Crippen LogP contribution in [0.2, 0.25) is 0 Å². The van der Waals surface area contributed by atoms with Crippen LogP contribution in [0.25, 0.3) is 0 Å². The van der Waals surface area contributed by atoms with Crippen LogP contribution < -0.4 is 16.4 Å². The summed E-state index contributed by atoms with van der Waals surface area (Å²) in [6.45, 7) is 0.518. The summed E-state index contributed by atoms with van der Waals surface area (Å²) in [5.41, 5.74) is 4.90. The summed E-state index contributed by atoms with van der Waals surface area (Å²) in [5.74, 6) is 0.000703. The second-order valence-corrected chi connectivity index (χ2v) is 5.60. The van der Waals surface area contributed by atoms with Crippen molar-refractivity contribution in [2.45, 2.75) is 37.9 Å². The van der Waals surface area contributed by atoms with Crippen LogP contribution >= 0.6 is 12.4 Å². The van der Waals surface area contributed by atoms with E-state index in [0.717, 1.165) is 31.5 Å². The Labute approximate surface area is 144 Å². The Balaban J connectivity index is 0.00000288. The number of carbonyl (C=O) groups excluding carboxylic acids is 1. The average molecular weight is 368 g/mol. The molecule has 0 radical (unpaired) electrons. The molecule has 1 heterocycles. The number of hydrogen-bond donors (Lipinski definition) is 3. The molecule has 2 rings (SSSR count). The number of hydrogen-bond acceptors (Lipinski definition) is 5. The van der Waals surface area contributed by atoms with Crippen molar-refractivity contribution < 1.29 is 18.0 Å². The van der Waals surface area contributed by atoms with Crippen LogP contribution in [0.5, 0.6) is 0 Å². The number of halogens is 4. The maximum atomic E-state index is 12.5. The Kier molecular flexibility index (Phi) is 7.68. The lowest BCUT2D eigenvalue weighted by molar-refractivity contribution is -0.141.